The normalized spacial score (nSPS) is 15.1. The van der Waals surface area contributed by atoms with Gasteiger partial charge in [0.05, 0.1) is 11.7 Å². The van der Waals surface area contributed by atoms with E-state index in [2.05, 4.69) is 26.9 Å². The molecular formula is C15H18N4O. The first-order valence-corrected chi connectivity index (χ1v) is 6.93. The molecule has 2 heterocycles. The van der Waals surface area contributed by atoms with Crippen molar-refractivity contribution < 1.29 is 4.79 Å². The van der Waals surface area contributed by atoms with Crippen LogP contribution in [0.2, 0.25) is 0 Å². The Balaban J connectivity index is 1.57. The minimum atomic E-state index is -0.0314. The van der Waals surface area contributed by atoms with Crippen LogP contribution in [0.1, 0.15) is 23.2 Å². The summed E-state index contributed by atoms with van der Waals surface area (Å²) < 4.78 is 0. The smallest absolute Gasteiger partial charge is 0.251 e. The molecule has 1 aromatic carbocycles. The largest absolute Gasteiger partial charge is 0.352 e. The maximum atomic E-state index is 12.1. The van der Waals surface area contributed by atoms with Crippen molar-refractivity contribution in [1.29, 1.82) is 0 Å². The van der Waals surface area contributed by atoms with Crippen LogP contribution in [0.15, 0.2) is 36.0 Å². The minimum absolute atomic E-state index is 0.0314. The number of nitrogens with one attached hydrogen (secondary N) is 3. The van der Waals surface area contributed by atoms with Crippen LogP contribution in [0.5, 0.6) is 0 Å². The maximum absolute atomic E-state index is 12.1. The van der Waals surface area contributed by atoms with Crippen molar-refractivity contribution in [3.63, 3.8) is 0 Å². The van der Waals surface area contributed by atoms with Crippen molar-refractivity contribution in [3.8, 4) is 0 Å². The third-order valence-electron chi connectivity index (χ3n) is 3.59. The average molecular weight is 270 g/mol. The number of fused-ring (bicyclic) bond motifs is 1. The lowest BCUT2D eigenvalue weighted by Gasteiger charge is -2.14. The number of benzene rings is 1. The summed E-state index contributed by atoms with van der Waals surface area (Å²) in [6, 6.07) is 5.57. The van der Waals surface area contributed by atoms with Crippen LogP contribution in [-0.2, 0) is 0 Å². The first kappa shape index (κ1) is 12.9. The number of hydrogen-bond donors (Lipinski definition) is 3. The maximum Gasteiger partial charge on any atom is 0.251 e. The lowest BCUT2D eigenvalue weighted by atomic mass is 10.1. The van der Waals surface area contributed by atoms with E-state index in [1.54, 1.807) is 6.20 Å². The van der Waals surface area contributed by atoms with E-state index in [9.17, 15) is 4.79 Å². The first-order chi connectivity index (χ1) is 9.83. The number of H-pyrrole nitrogens is 1. The van der Waals surface area contributed by atoms with Crippen LogP contribution in [0, 0.1) is 0 Å². The molecule has 20 heavy (non-hydrogen) atoms. The Labute approximate surface area is 117 Å². The Morgan fingerprint density at radius 3 is 3.20 bits per heavy atom. The number of rotatable bonds is 4. The molecular weight excluding hydrogens is 252 g/mol. The quantitative estimate of drug-likeness (QED) is 0.739. The van der Waals surface area contributed by atoms with Gasteiger partial charge in [0.15, 0.2) is 0 Å². The molecule has 1 amide bonds. The van der Waals surface area contributed by atoms with Crippen molar-refractivity contribution in [2.24, 2.45) is 0 Å². The van der Waals surface area contributed by atoms with Gasteiger partial charge in [-0.1, -0.05) is 17.7 Å². The van der Waals surface area contributed by atoms with Gasteiger partial charge in [0, 0.05) is 24.0 Å². The number of carbonyl (C=O) groups is 1. The molecule has 1 aromatic heterocycles. The third kappa shape index (κ3) is 2.88. The summed E-state index contributed by atoms with van der Waals surface area (Å²) in [6.45, 7) is 2.67. The molecule has 0 aliphatic carbocycles. The van der Waals surface area contributed by atoms with Crippen LogP contribution in [0.3, 0.4) is 0 Å². The molecule has 104 valence electrons. The van der Waals surface area contributed by atoms with Crippen molar-refractivity contribution in [2.75, 3.05) is 19.6 Å². The number of carbonyl (C=O) groups excluding carboxylic acids is 1. The van der Waals surface area contributed by atoms with Gasteiger partial charge in [-0.25, -0.2) is 0 Å². The summed E-state index contributed by atoms with van der Waals surface area (Å²) in [5.41, 5.74) is 2.98. The zero-order valence-corrected chi connectivity index (χ0v) is 11.3. The molecule has 1 aliphatic heterocycles. The van der Waals surface area contributed by atoms with Crippen LogP contribution >= 0.6 is 0 Å². The van der Waals surface area contributed by atoms with E-state index in [-0.39, 0.29) is 5.91 Å². The molecule has 0 radical (unpaired) electrons. The van der Waals surface area contributed by atoms with Gasteiger partial charge in [-0.2, -0.15) is 5.10 Å². The Bertz CT molecular complexity index is 644. The molecule has 0 atom stereocenters. The van der Waals surface area contributed by atoms with Crippen molar-refractivity contribution in [2.45, 2.75) is 12.8 Å². The number of aromatic amines is 1. The second-order valence-electron chi connectivity index (χ2n) is 4.99. The number of aromatic nitrogens is 2. The van der Waals surface area contributed by atoms with Gasteiger partial charge in [0.2, 0.25) is 0 Å². The number of hydrogen-bond acceptors (Lipinski definition) is 3. The highest BCUT2D eigenvalue weighted by atomic mass is 16.1. The summed E-state index contributed by atoms with van der Waals surface area (Å²) in [4.78, 5) is 12.1. The Morgan fingerprint density at radius 1 is 1.40 bits per heavy atom. The van der Waals surface area contributed by atoms with E-state index in [0.29, 0.717) is 12.1 Å². The molecule has 0 saturated heterocycles. The predicted octanol–water partition coefficient (Wildman–Crippen LogP) is 1.60. The average Bonchev–Trinajstić information content (AvgIpc) is 2.95. The van der Waals surface area contributed by atoms with Crippen molar-refractivity contribution in [3.05, 3.63) is 41.6 Å². The molecule has 0 fully saturated rings. The van der Waals surface area contributed by atoms with Crippen molar-refractivity contribution in [1.82, 2.24) is 20.8 Å². The summed E-state index contributed by atoms with van der Waals surface area (Å²) in [5, 5.41) is 14.1. The van der Waals surface area contributed by atoms with Gasteiger partial charge in [-0.3, -0.25) is 9.89 Å². The van der Waals surface area contributed by atoms with Gasteiger partial charge < -0.3 is 10.6 Å². The van der Waals surface area contributed by atoms with Crippen LogP contribution in [0.25, 0.3) is 10.9 Å². The zero-order valence-electron chi connectivity index (χ0n) is 11.3. The molecule has 5 nitrogen and oxygen atoms in total. The van der Waals surface area contributed by atoms with E-state index >= 15 is 0 Å². The van der Waals surface area contributed by atoms with E-state index in [4.69, 9.17) is 0 Å². The minimum Gasteiger partial charge on any atom is -0.352 e. The van der Waals surface area contributed by atoms with E-state index < -0.39 is 0 Å². The van der Waals surface area contributed by atoms with E-state index in [1.807, 2.05) is 18.2 Å². The zero-order chi connectivity index (χ0) is 13.8. The van der Waals surface area contributed by atoms with Crippen LogP contribution in [-0.4, -0.2) is 35.7 Å². The fraction of sp³-hybridized carbons (Fsp3) is 0.333. The van der Waals surface area contributed by atoms with E-state index in [0.717, 1.165) is 36.8 Å². The lowest BCUT2D eigenvalue weighted by molar-refractivity contribution is 0.0954. The summed E-state index contributed by atoms with van der Waals surface area (Å²) >= 11 is 0. The fourth-order valence-electron chi connectivity index (χ4n) is 2.41. The Kier molecular flexibility index (Phi) is 3.78. The van der Waals surface area contributed by atoms with Gasteiger partial charge in [0.25, 0.3) is 5.91 Å². The standard InChI is InChI=1S/C15H18N4O/c20-15(17-8-5-11-3-6-16-7-4-11)12-1-2-13-10-18-19-14(13)9-12/h1-3,9-10,16H,4-8H2,(H,17,20)(H,18,19). The Hall–Kier alpha value is -2.14. The summed E-state index contributed by atoms with van der Waals surface area (Å²) in [5.74, 6) is -0.0314. The molecule has 0 unspecified atom stereocenters. The first-order valence-electron chi connectivity index (χ1n) is 6.93. The van der Waals surface area contributed by atoms with Gasteiger partial charge in [0.1, 0.15) is 0 Å². The highest BCUT2D eigenvalue weighted by Crippen LogP contribution is 2.13. The lowest BCUT2D eigenvalue weighted by Crippen LogP contribution is -2.26. The number of amides is 1. The molecule has 0 saturated carbocycles. The van der Waals surface area contributed by atoms with E-state index in [1.165, 1.54) is 5.57 Å². The summed E-state index contributed by atoms with van der Waals surface area (Å²) in [7, 11) is 0. The second kappa shape index (κ2) is 5.88. The highest BCUT2D eigenvalue weighted by Gasteiger charge is 2.08. The van der Waals surface area contributed by atoms with Crippen molar-refractivity contribution >= 4 is 16.8 Å². The molecule has 0 bridgehead atoms. The second-order valence-corrected chi connectivity index (χ2v) is 4.99. The molecule has 1 aliphatic rings. The molecule has 3 rings (SSSR count). The molecule has 0 spiro atoms. The molecule has 2 aromatic rings. The Morgan fingerprint density at radius 2 is 2.35 bits per heavy atom. The predicted molar refractivity (Wildman–Crippen MR) is 78.6 cm³/mol. The molecule has 5 heteroatoms. The highest BCUT2D eigenvalue weighted by molar-refractivity contribution is 5.97. The topological polar surface area (TPSA) is 69.8 Å². The van der Waals surface area contributed by atoms with Crippen LogP contribution < -0.4 is 10.6 Å². The third-order valence-corrected chi connectivity index (χ3v) is 3.59. The molecule has 3 N–H and O–H groups in total. The summed E-state index contributed by atoms with van der Waals surface area (Å²) in [6.07, 6.45) is 5.97. The number of nitrogens with zero attached hydrogens (tertiary/aromatic N) is 1. The van der Waals surface area contributed by atoms with Crippen LogP contribution in [0.4, 0.5) is 0 Å². The van der Waals surface area contributed by atoms with Gasteiger partial charge in [-0.15, -0.1) is 0 Å². The monoisotopic (exact) mass is 270 g/mol. The fourth-order valence-corrected chi connectivity index (χ4v) is 2.41. The SMILES string of the molecule is O=C(NCCC1=CCNCC1)c1ccc2cn[nH]c2c1. The van der Waals surface area contributed by atoms with Gasteiger partial charge >= 0.3 is 0 Å². The van der Waals surface area contributed by atoms with Gasteiger partial charge in [-0.05, 0) is 31.5 Å².